The van der Waals surface area contributed by atoms with Crippen molar-refractivity contribution in [2.45, 2.75) is 38.0 Å². The highest BCUT2D eigenvalue weighted by Crippen LogP contribution is 2.74. The van der Waals surface area contributed by atoms with E-state index in [1.807, 2.05) is 0 Å². The van der Waals surface area contributed by atoms with Gasteiger partial charge in [-0.05, 0) is 47.6 Å². The van der Waals surface area contributed by atoms with Gasteiger partial charge in [-0.3, -0.25) is 0 Å². The maximum Gasteiger partial charge on any atom is 0.233 e. The Bertz CT molecular complexity index is 572. The molecule has 0 radical (unpaired) electrons. The molecule has 2 bridgehead atoms. The van der Waals surface area contributed by atoms with Crippen molar-refractivity contribution in [1.29, 1.82) is 0 Å². The molecule has 18 heavy (non-hydrogen) atoms. The molecule has 2 nitrogen and oxygen atoms in total. The molecular formula is C14H17ClO2S. The lowest BCUT2D eigenvalue weighted by atomic mass is 9.34. The van der Waals surface area contributed by atoms with E-state index in [0.717, 1.165) is 25.7 Å². The van der Waals surface area contributed by atoms with E-state index in [2.05, 4.69) is 31.2 Å². The summed E-state index contributed by atoms with van der Waals surface area (Å²) in [4.78, 5) is 0. The Morgan fingerprint density at radius 1 is 1.28 bits per heavy atom. The van der Waals surface area contributed by atoms with Crippen molar-refractivity contribution in [1.82, 2.24) is 0 Å². The predicted molar refractivity (Wildman–Crippen MR) is 73.4 cm³/mol. The van der Waals surface area contributed by atoms with Crippen LogP contribution in [0.5, 0.6) is 0 Å². The molecule has 0 N–H and O–H groups in total. The molecule has 1 aromatic rings. The van der Waals surface area contributed by atoms with Gasteiger partial charge in [-0.2, -0.15) is 0 Å². The van der Waals surface area contributed by atoms with Crippen molar-refractivity contribution < 1.29 is 8.42 Å². The maximum absolute atomic E-state index is 11.2. The van der Waals surface area contributed by atoms with Gasteiger partial charge in [0.25, 0.3) is 0 Å². The monoisotopic (exact) mass is 284 g/mol. The van der Waals surface area contributed by atoms with E-state index < -0.39 is 9.05 Å². The fraction of sp³-hybridized carbons (Fsp3) is 0.571. The number of benzene rings is 1. The van der Waals surface area contributed by atoms with E-state index in [1.54, 1.807) is 0 Å². The summed E-state index contributed by atoms with van der Waals surface area (Å²) in [5.74, 6) is 0.150. The highest BCUT2D eigenvalue weighted by molar-refractivity contribution is 8.13. The van der Waals surface area contributed by atoms with Gasteiger partial charge in [-0.25, -0.2) is 8.42 Å². The summed E-state index contributed by atoms with van der Waals surface area (Å²) in [7, 11) is 2.01. The molecule has 3 aliphatic carbocycles. The van der Waals surface area contributed by atoms with Crippen LogP contribution in [0.15, 0.2) is 24.3 Å². The van der Waals surface area contributed by atoms with Gasteiger partial charge in [-0.1, -0.05) is 31.2 Å². The SMILES string of the molecule is CCc1cccc(C23CC(CS(=O)(=O)Cl)(C2)C3)c1. The molecular weight excluding hydrogens is 268 g/mol. The molecule has 3 fully saturated rings. The van der Waals surface area contributed by atoms with Crippen LogP contribution in [0.2, 0.25) is 0 Å². The Kier molecular flexibility index (Phi) is 2.59. The second kappa shape index (κ2) is 3.73. The highest BCUT2D eigenvalue weighted by Gasteiger charge is 2.68. The summed E-state index contributed by atoms with van der Waals surface area (Å²) in [6.45, 7) is 2.16. The Morgan fingerprint density at radius 3 is 2.50 bits per heavy atom. The molecule has 0 atom stereocenters. The van der Waals surface area contributed by atoms with Crippen LogP contribution in [-0.4, -0.2) is 14.2 Å². The van der Waals surface area contributed by atoms with E-state index in [4.69, 9.17) is 10.7 Å². The molecule has 3 aliphatic rings. The lowest BCUT2D eigenvalue weighted by Gasteiger charge is -2.71. The quantitative estimate of drug-likeness (QED) is 0.796. The summed E-state index contributed by atoms with van der Waals surface area (Å²) in [5.41, 5.74) is 2.99. The van der Waals surface area contributed by atoms with Crippen molar-refractivity contribution in [3.05, 3.63) is 35.4 Å². The minimum atomic E-state index is -3.35. The highest BCUT2D eigenvalue weighted by atomic mass is 35.7. The molecule has 3 saturated carbocycles. The number of rotatable bonds is 4. The van der Waals surface area contributed by atoms with Crippen LogP contribution < -0.4 is 0 Å². The topological polar surface area (TPSA) is 34.1 Å². The normalized spacial score (nSPS) is 33.7. The predicted octanol–water partition coefficient (Wildman–Crippen LogP) is 3.24. The molecule has 0 amide bonds. The van der Waals surface area contributed by atoms with Gasteiger partial charge < -0.3 is 0 Å². The van der Waals surface area contributed by atoms with Crippen molar-refractivity contribution in [2.24, 2.45) is 5.41 Å². The summed E-state index contributed by atoms with van der Waals surface area (Å²) >= 11 is 0. The third kappa shape index (κ3) is 1.88. The first kappa shape index (κ1) is 12.5. The number of hydrogen-bond donors (Lipinski definition) is 0. The fourth-order valence-electron chi connectivity index (χ4n) is 3.94. The van der Waals surface area contributed by atoms with Gasteiger partial charge in [0.2, 0.25) is 9.05 Å². The maximum atomic E-state index is 11.2. The third-order valence-electron chi connectivity index (χ3n) is 4.57. The molecule has 4 heteroatoms. The standard InChI is InChI=1S/C14H17ClO2S/c1-2-11-4-3-5-12(6-11)14-7-13(8-14,9-14)10-18(15,16)17/h3-6H,2,7-10H2,1H3. The van der Waals surface area contributed by atoms with Gasteiger partial charge >= 0.3 is 0 Å². The summed E-state index contributed by atoms with van der Waals surface area (Å²) in [6, 6.07) is 8.71. The molecule has 4 rings (SSSR count). The van der Waals surface area contributed by atoms with Crippen LogP contribution in [-0.2, 0) is 20.9 Å². The molecule has 0 saturated heterocycles. The van der Waals surface area contributed by atoms with Crippen molar-refractivity contribution in [3.8, 4) is 0 Å². The fourth-order valence-corrected chi connectivity index (χ4v) is 5.68. The first-order chi connectivity index (χ1) is 8.37. The molecule has 98 valence electrons. The Morgan fingerprint density at radius 2 is 1.94 bits per heavy atom. The van der Waals surface area contributed by atoms with Crippen LogP contribution in [0.3, 0.4) is 0 Å². The summed E-state index contributed by atoms with van der Waals surface area (Å²) < 4.78 is 22.3. The largest absolute Gasteiger partial charge is 0.233 e. The van der Waals surface area contributed by atoms with E-state index in [1.165, 1.54) is 11.1 Å². The van der Waals surface area contributed by atoms with E-state index >= 15 is 0 Å². The van der Waals surface area contributed by atoms with E-state index in [-0.39, 0.29) is 16.6 Å². The van der Waals surface area contributed by atoms with Gasteiger partial charge in [0.1, 0.15) is 0 Å². The van der Waals surface area contributed by atoms with Crippen LogP contribution in [0.4, 0.5) is 0 Å². The first-order valence-corrected chi connectivity index (χ1v) is 8.86. The third-order valence-corrected chi connectivity index (χ3v) is 5.85. The number of halogens is 1. The zero-order valence-corrected chi connectivity index (χ0v) is 12.0. The molecule has 0 heterocycles. The molecule has 1 aromatic carbocycles. The minimum Gasteiger partial charge on any atom is -0.212 e. The van der Waals surface area contributed by atoms with Crippen LogP contribution in [0.1, 0.15) is 37.3 Å². The van der Waals surface area contributed by atoms with Gasteiger partial charge in [-0.15, -0.1) is 0 Å². The number of hydrogen-bond acceptors (Lipinski definition) is 2. The molecule has 0 aromatic heterocycles. The lowest BCUT2D eigenvalue weighted by molar-refractivity contribution is -0.122. The molecule has 0 unspecified atom stereocenters. The van der Waals surface area contributed by atoms with Crippen LogP contribution in [0, 0.1) is 5.41 Å². The average molecular weight is 285 g/mol. The van der Waals surface area contributed by atoms with Crippen LogP contribution in [0.25, 0.3) is 0 Å². The zero-order valence-electron chi connectivity index (χ0n) is 10.4. The second-order valence-electron chi connectivity index (χ2n) is 6.05. The summed E-state index contributed by atoms with van der Waals surface area (Å²) in [6.07, 6.45) is 4.00. The van der Waals surface area contributed by atoms with E-state index in [0.29, 0.717) is 0 Å². The smallest absolute Gasteiger partial charge is 0.212 e. The Hall–Kier alpha value is -0.540. The summed E-state index contributed by atoms with van der Waals surface area (Å²) in [5, 5.41) is 0. The number of aryl methyl sites for hydroxylation is 1. The zero-order chi connectivity index (χ0) is 13.0. The Balaban J connectivity index is 1.76. The van der Waals surface area contributed by atoms with E-state index in [9.17, 15) is 8.42 Å². The Labute approximate surface area is 113 Å². The van der Waals surface area contributed by atoms with Crippen molar-refractivity contribution >= 4 is 19.7 Å². The van der Waals surface area contributed by atoms with Gasteiger partial charge in [0.05, 0.1) is 5.75 Å². The molecule has 0 aliphatic heterocycles. The van der Waals surface area contributed by atoms with Crippen molar-refractivity contribution in [2.75, 3.05) is 5.75 Å². The molecule has 0 spiro atoms. The minimum absolute atomic E-state index is 0.0111. The average Bonchev–Trinajstić information content (AvgIpc) is 2.20. The first-order valence-electron chi connectivity index (χ1n) is 6.38. The van der Waals surface area contributed by atoms with Crippen LogP contribution >= 0.6 is 10.7 Å². The second-order valence-corrected chi connectivity index (χ2v) is 8.82. The van der Waals surface area contributed by atoms with Gasteiger partial charge in [0.15, 0.2) is 0 Å². The van der Waals surface area contributed by atoms with Gasteiger partial charge in [0, 0.05) is 10.7 Å². The lowest BCUT2D eigenvalue weighted by Crippen LogP contribution is -2.66. The van der Waals surface area contributed by atoms with Crippen molar-refractivity contribution in [3.63, 3.8) is 0 Å².